The highest BCUT2D eigenvalue weighted by Gasteiger charge is 2.23. The molecule has 0 saturated carbocycles. The third kappa shape index (κ3) is 4.05. The number of nitrogens with one attached hydrogen (secondary N) is 1. The molecule has 0 unspecified atom stereocenters. The average molecular weight is 426 g/mol. The fraction of sp³-hybridized carbons (Fsp3) is 0.158. The fourth-order valence-corrected chi connectivity index (χ4v) is 3.48. The number of benzene rings is 2. The van der Waals surface area contributed by atoms with Gasteiger partial charge in [-0.3, -0.25) is 4.79 Å². The van der Waals surface area contributed by atoms with E-state index in [2.05, 4.69) is 10.5 Å². The Morgan fingerprint density at radius 3 is 2.44 bits per heavy atom. The molecule has 3 rings (SSSR count). The highest BCUT2D eigenvalue weighted by Crippen LogP contribution is 2.38. The number of nitrogens with zero attached hydrogens (tertiary/aromatic N) is 1. The minimum Gasteiger partial charge on any atom is -0.494 e. The van der Waals surface area contributed by atoms with Crippen molar-refractivity contribution < 1.29 is 14.1 Å². The van der Waals surface area contributed by atoms with E-state index in [4.69, 9.17) is 44.1 Å². The van der Waals surface area contributed by atoms with Crippen molar-refractivity contribution in [1.29, 1.82) is 0 Å². The number of methoxy groups -OCH3 is 1. The number of rotatable bonds is 5. The predicted octanol–water partition coefficient (Wildman–Crippen LogP) is 5.55. The topological polar surface area (TPSA) is 64.4 Å². The highest BCUT2D eigenvalue weighted by molar-refractivity contribution is 6.37. The van der Waals surface area contributed by atoms with Gasteiger partial charge in [0.1, 0.15) is 17.0 Å². The molecule has 1 N–H and O–H groups in total. The average Bonchev–Trinajstić information content (AvgIpc) is 3.02. The van der Waals surface area contributed by atoms with Crippen molar-refractivity contribution in [2.24, 2.45) is 0 Å². The Bertz CT molecular complexity index is 979. The van der Waals surface area contributed by atoms with Gasteiger partial charge in [-0.05, 0) is 30.7 Å². The molecular formula is C19H15Cl3N2O3. The van der Waals surface area contributed by atoms with Crippen molar-refractivity contribution >= 4 is 40.7 Å². The van der Waals surface area contributed by atoms with E-state index in [0.717, 1.165) is 5.56 Å². The molecule has 0 fully saturated rings. The van der Waals surface area contributed by atoms with Crippen LogP contribution in [0.1, 0.15) is 21.7 Å². The van der Waals surface area contributed by atoms with Crippen molar-refractivity contribution in [2.45, 2.75) is 13.5 Å². The molecule has 0 aliphatic rings. The number of halogens is 3. The summed E-state index contributed by atoms with van der Waals surface area (Å²) >= 11 is 18.5. The molecule has 3 aromatic rings. The van der Waals surface area contributed by atoms with Crippen LogP contribution in [0.25, 0.3) is 11.3 Å². The van der Waals surface area contributed by atoms with Crippen LogP contribution in [0.5, 0.6) is 5.75 Å². The smallest absolute Gasteiger partial charge is 0.257 e. The quantitative estimate of drug-likeness (QED) is 0.582. The molecule has 8 heteroatoms. The Morgan fingerprint density at radius 1 is 1.15 bits per heavy atom. The standard InChI is InChI=1S/C19H15Cl3N2O3/c1-10-16(19(25)23-9-11-5-3-4-6-13(11)20)17(24-27-10)12-7-14(21)18(26-2)15(22)8-12/h3-8H,9H2,1-2H3,(H,23,25). The maximum Gasteiger partial charge on any atom is 0.257 e. The molecule has 0 aliphatic heterocycles. The normalized spacial score (nSPS) is 10.7. The third-order valence-electron chi connectivity index (χ3n) is 3.96. The molecule has 1 amide bonds. The van der Waals surface area contributed by atoms with E-state index in [-0.39, 0.29) is 12.5 Å². The van der Waals surface area contributed by atoms with Crippen LogP contribution < -0.4 is 10.1 Å². The first-order valence-corrected chi connectivity index (χ1v) is 9.07. The van der Waals surface area contributed by atoms with Crippen LogP contribution in [-0.2, 0) is 6.54 Å². The zero-order chi connectivity index (χ0) is 19.6. The van der Waals surface area contributed by atoms with Gasteiger partial charge in [0.05, 0.1) is 17.2 Å². The van der Waals surface area contributed by atoms with Crippen molar-refractivity contribution in [3.63, 3.8) is 0 Å². The number of hydrogen-bond acceptors (Lipinski definition) is 4. The monoisotopic (exact) mass is 424 g/mol. The fourth-order valence-electron chi connectivity index (χ4n) is 2.63. The second-order valence-corrected chi connectivity index (χ2v) is 6.93. The molecule has 0 radical (unpaired) electrons. The first-order valence-electron chi connectivity index (χ1n) is 7.93. The molecular weight excluding hydrogens is 411 g/mol. The summed E-state index contributed by atoms with van der Waals surface area (Å²) in [4.78, 5) is 12.8. The summed E-state index contributed by atoms with van der Waals surface area (Å²) in [6.07, 6.45) is 0. The largest absolute Gasteiger partial charge is 0.494 e. The summed E-state index contributed by atoms with van der Waals surface area (Å²) in [5.74, 6) is 0.392. The maximum absolute atomic E-state index is 12.8. The van der Waals surface area contributed by atoms with Crippen LogP contribution in [0.3, 0.4) is 0 Å². The SMILES string of the molecule is COc1c(Cl)cc(-c2noc(C)c2C(=O)NCc2ccccc2Cl)cc1Cl. The third-order valence-corrected chi connectivity index (χ3v) is 4.89. The van der Waals surface area contributed by atoms with Crippen LogP contribution >= 0.6 is 34.8 Å². The summed E-state index contributed by atoms with van der Waals surface area (Å²) < 4.78 is 10.4. The molecule has 5 nitrogen and oxygen atoms in total. The predicted molar refractivity (Wildman–Crippen MR) is 106 cm³/mol. The number of aryl methyl sites for hydroxylation is 1. The lowest BCUT2D eigenvalue weighted by Gasteiger charge is -2.09. The van der Waals surface area contributed by atoms with Gasteiger partial charge in [0.2, 0.25) is 0 Å². The molecule has 1 aromatic heterocycles. The minimum absolute atomic E-state index is 0.271. The van der Waals surface area contributed by atoms with Crippen LogP contribution in [-0.4, -0.2) is 18.2 Å². The van der Waals surface area contributed by atoms with E-state index >= 15 is 0 Å². The molecule has 2 aromatic carbocycles. The zero-order valence-electron chi connectivity index (χ0n) is 14.5. The number of ether oxygens (including phenoxy) is 1. The van der Waals surface area contributed by atoms with Gasteiger partial charge in [-0.25, -0.2) is 0 Å². The van der Waals surface area contributed by atoms with E-state index in [1.807, 2.05) is 18.2 Å². The van der Waals surface area contributed by atoms with Gasteiger partial charge < -0.3 is 14.6 Å². The van der Waals surface area contributed by atoms with E-state index < -0.39 is 0 Å². The first kappa shape index (κ1) is 19.5. The molecule has 0 aliphatic carbocycles. The van der Waals surface area contributed by atoms with Crippen molar-refractivity contribution in [2.75, 3.05) is 7.11 Å². The number of carbonyl (C=O) groups is 1. The van der Waals surface area contributed by atoms with Crippen LogP contribution in [0, 0.1) is 6.92 Å². The molecule has 0 spiro atoms. The Morgan fingerprint density at radius 2 is 1.81 bits per heavy atom. The molecule has 0 saturated heterocycles. The lowest BCUT2D eigenvalue weighted by molar-refractivity contribution is 0.0950. The summed E-state index contributed by atoms with van der Waals surface area (Å²) in [5.41, 5.74) is 2.00. The number of amides is 1. The molecule has 27 heavy (non-hydrogen) atoms. The Kier molecular flexibility index (Phi) is 5.95. The summed E-state index contributed by atoms with van der Waals surface area (Å²) in [7, 11) is 1.47. The minimum atomic E-state index is -0.341. The molecule has 1 heterocycles. The van der Waals surface area contributed by atoms with Crippen LogP contribution in [0.2, 0.25) is 15.1 Å². The van der Waals surface area contributed by atoms with Gasteiger partial charge in [-0.1, -0.05) is 58.2 Å². The van der Waals surface area contributed by atoms with E-state index in [1.165, 1.54) is 7.11 Å². The lowest BCUT2D eigenvalue weighted by Crippen LogP contribution is -2.23. The van der Waals surface area contributed by atoms with Crippen molar-refractivity contribution in [1.82, 2.24) is 10.5 Å². The van der Waals surface area contributed by atoms with Crippen LogP contribution in [0.15, 0.2) is 40.9 Å². The van der Waals surface area contributed by atoms with Gasteiger partial charge in [0, 0.05) is 17.1 Å². The molecule has 140 valence electrons. The van der Waals surface area contributed by atoms with Crippen LogP contribution in [0.4, 0.5) is 0 Å². The van der Waals surface area contributed by atoms with E-state index in [0.29, 0.717) is 43.4 Å². The summed E-state index contributed by atoms with van der Waals surface area (Å²) in [5, 5.41) is 8.02. The summed E-state index contributed by atoms with van der Waals surface area (Å²) in [6.45, 7) is 1.93. The number of aromatic nitrogens is 1. The lowest BCUT2D eigenvalue weighted by atomic mass is 10.1. The Hall–Kier alpha value is -2.21. The number of hydrogen-bond donors (Lipinski definition) is 1. The second-order valence-electron chi connectivity index (χ2n) is 5.71. The second kappa shape index (κ2) is 8.21. The first-order chi connectivity index (χ1) is 12.9. The van der Waals surface area contributed by atoms with E-state index in [1.54, 1.807) is 25.1 Å². The van der Waals surface area contributed by atoms with Gasteiger partial charge >= 0.3 is 0 Å². The van der Waals surface area contributed by atoms with Crippen molar-refractivity contribution in [3.05, 3.63) is 68.4 Å². The molecule has 0 bridgehead atoms. The summed E-state index contributed by atoms with van der Waals surface area (Å²) in [6, 6.07) is 10.5. The maximum atomic E-state index is 12.8. The van der Waals surface area contributed by atoms with Gasteiger partial charge in [0.25, 0.3) is 5.91 Å². The Balaban J connectivity index is 1.91. The zero-order valence-corrected chi connectivity index (χ0v) is 16.7. The van der Waals surface area contributed by atoms with Gasteiger partial charge in [-0.15, -0.1) is 0 Å². The highest BCUT2D eigenvalue weighted by atomic mass is 35.5. The van der Waals surface area contributed by atoms with Gasteiger partial charge in [0.15, 0.2) is 5.75 Å². The van der Waals surface area contributed by atoms with Crippen molar-refractivity contribution in [3.8, 4) is 17.0 Å². The Labute approximate surface area is 171 Å². The van der Waals surface area contributed by atoms with E-state index in [9.17, 15) is 4.79 Å². The number of carbonyl (C=O) groups excluding carboxylic acids is 1. The van der Waals surface area contributed by atoms with Gasteiger partial charge in [-0.2, -0.15) is 0 Å². The molecule has 0 atom stereocenters.